The first-order valence-electron chi connectivity index (χ1n) is 5.73. The van der Waals surface area contributed by atoms with Gasteiger partial charge in [-0.25, -0.2) is 0 Å². The number of aromatic nitrogens is 2. The number of aryl methyl sites for hydroxylation is 1. The van der Waals surface area contributed by atoms with Crippen LogP contribution in [0.5, 0.6) is 0 Å². The van der Waals surface area contributed by atoms with Gasteiger partial charge < -0.3 is 4.98 Å². The van der Waals surface area contributed by atoms with Crippen LogP contribution in [0.3, 0.4) is 0 Å². The normalized spacial score (nSPS) is 11.1. The molecule has 96 valence electrons. The third-order valence-corrected chi connectivity index (χ3v) is 3.75. The third kappa shape index (κ3) is 2.18. The van der Waals surface area contributed by atoms with Gasteiger partial charge in [0, 0.05) is 10.0 Å². The predicted octanol–water partition coefficient (Wildman–Crippen LogP) is 5.30. The standard InChI is InChI=1S/C14H10Cl2N2S/c1-8-3-2-4-12-13(8)17-14(19)18(12)11-6-9(15)5-10(16)7-11/h2-7H,1H3,(H,17,19). The predicted molar refractivity (Wildman–Crippen MR) is 83.2 cm³/mol. The molecule has 0 aliphatic carbocycles. The van der Waals surface area contributed by atoms with Crippen LogP contribution in [-0.4, -0.2) is 9.55 Å². The molecule has 0 fully saturated rings. The van der Waals surface area contributed by atoms with Crippen molar-refractivity contribution in [2.45, 2.75) is 6.92 Å². The van der Waals surface area contributed by atoms with E-state index in [-0.39, 0.29) is 0 Å². The lowest BCUT2D eigenvalue weighted by Gasteiger charge is -2.06. The number of imidazole rings is 1. The number of benzene rings is 2. The van der Waals surface area contributed by atoms with Crippen molar-refractivity contribution in [3.8, 4) is 5.69 Å². The van der Waals surface area contributed by atoms with E-state index < -0.39 is 0 Å². The summed E-state index contributed by atoms with van der Waals surface area (Å²) in [5, 5.41) is 1.18. The minimum absolute atomic E-state index is 0.589. The summed E-state index contributed by atoms with van der Waals surface area (Å²) in [6, 6.07) is 11.5. The molecule has 0 aliphatic rings. The second-order valence-electron chi connectivity index (χ2n) is 4.36. The third-order valence-electron chi connectivity index (χ3n) is 3.03. The van der Waals surface area contributed by atoms with Gasteiger partial charge in [-0.05, 0) is 49.0 Å². The van der Waals surface area contributed by atoms with Gasteiger partial charge in [-0.15, -0.1) is 0 Å². The summed E-state index contributed by atoms with van der Waals surface area (Å²) in [6.07, 6.45) is 0. The van der Waals surface area contributed by atoms with Crippen LogP contribution in [0.15, 0.2) is 36.4 Å². The van der Waals surface area contributed by atoms with E-state index in [0.29, 0.717) is 14.8 Å². The summed E-state index contributed by atoms with van der Waals surface area (Å²) in [5.74, 6) is 0. The Kier molecular flexibility index (Phi) is 3.13. The maximum atomic E-state index is 6.06. The van der Waals surface area contributed by atoms with Gasteiger partial charge in [-0.2, -0.15) is 0 Å². The Balaban J connectivity index is 2.39. The number of fused-ring (bicyclic) bond motifs is 1. The second kappa shape index (κ2) is 4.67. The monoisotopic (exact) mass is 308 g/mol. The summed E-state index contributed by atoms with van der Waals surface area (Å²) < 4.78 is 2.57. The van der Waals surface area contributed by atoms with Crippen molar-refractivity contribution in [2.24, 2.45) is 0 Å². The van der Waals surface area contributed by atoms with Gasteiger partial charge >= 0.3 is 0 Å². The summed E-state index contributed by atoms with van der Waals surface area (Å²) in [7, 11) is 0. The van der Waals surface area contributed by atoms with E-state index in [2.05, 4.69) is 4.98 Å². The van der Waals surface area contributed by atoms with Crippen LogP contribution >= 0.6 is 35.4 Å². The largest absolute Gasteiger partial charge is 0.330 e. The average Bonchev–Trinajstić information content (AvgIpc) is 2.65. The lowest BCUT2D eigenvalue weighted by atomic mass is 10.2. The molecule has 0 aliphatic heterocycles. The van der Waals surface area contributed by atoms with Crippen molar-refractivity contribution < 1.29 is 0 Å². The number of halogens is 2. The van der Waals surface area contributed by atoms with Gasteiger partial charge in [-0.1, -0.05) is 35.3 Å². The van der Waals surface area contributed by atoms with Crippen LogP contribution in [0.4, 0.5) is 0 Å². The highest BCUT2D eigenvalue weighted by Gasteiger charge is 2.09. The first-order chi connectivity index (χ1) is 9.06. The summed E-state index contributed by atoms with van der Waals surface area (Å²) in [4.78, 5) is 3.22. The van der Waals surface area contributed by atoms with Crippen LogP contribution in [0.1, 0.15) is 5.56 Å². The van der Waals surface area contributed by atoms with Gasteiger partial charge in [0.05, 0.1) is 16.7 Å². The number of nitrogens with one attached hydrogen (secondary N) is 1. The number of para-hydroxylation sites is 1. The minimum Gasteiger partial charge on any atom is -0.330 e. The highest BCUT2D eigenvalue weighted by molar-refractivity contribution is 7.71. The van der Waals surface area contributed by atoms with Crippen LogP contribution in [-0.2, 0) is 0 Å². The number of H-pyrrole nitrogens is 1. The first-order valence-corrected chi connectivity index (χ1v) is 6.89. The molecule has 0 radical (unpaired) electrons. The Morgan fingerprint density at radius 2 is 1.79 bits per heavy atom. The molecule has 0 bridgehead atoms. The van der Waals surface area contributed by atoms with Gasteiger partial charge in [0.15, 0.2) is 4.77 Å². The minimum atomic E-state index is 0.589. The molecule has 5 heteroatoms. The van der Waals surface area contributed by atoms with E-state index in [4.69, 9.17) is 35.4 Å². The lowest BCUT2D eigenvalue weighted by Crippen LogP contribution is -1.94. The number of nitrogens with zero attached hydrogens (tertiary/aromatic N) is 1. The smallest absolute Gasteiger partial charge is 0.182 e. The number of hydrogen-bond acceptors (Lipinski definition) is 1. The molecule has 0 atom stereocenters. The van der Waals surface area contributed by atoms with E-state index in [0.717, 1.165) is 22.3 Å². The second-order valence-corrected chi connectivity index (χ2v) is 5.62. The van der Waals surface area contributed by atoms with E-state index in [1.54, 1.807) is 6.07 Å². The molecule has 0 amide bonds. The molecule has 3 aromatic rings. The quantitative estimate of drug-likeness (QED) is 0.605. The topological polar surface area (TPSA) is 20.7 Å². The summed E-state index contributed by atoms with van der Waals surface area (Å²) in [5.41, 5.74) is 4.06. The Hall–Kier alpha value is -1.29. The van der Waals surface area contributed by atoms with Crippen molar-refractivity contribution in [1.82, 2.24) is 9.55 Å². The van der Waals surface area contributed by atoms with E-state index in [1.165, 1.54) is 0 Å². The molecule has 0 spiro atoms. The van der Waals surface area contributed by atoms with Crippen molar-refractivity contribution >= 4 is 46.5 Å². The zero-order valence-corrected chi connectivity index (χ0v) is 12.4. The Bertz CT molecular complexity index is 813. The van der Waals surface area contributed by atoms with E-state index in [1.807, 2.05) is 41.8 Å². The van der Waals surface area contributed by atoms with Crippen LogP contribution in [0, 0.1) is 11.7 Å². The molecular weight excluding hydrogens is 299 g/mol. The molecule has 1 aromatic heterocycles. The van der Waals surface area contributed by atoms with Crippen LogP contribution in [0.2, 0.25) is 10.0 Å². The number of hydrogen-bond donors (Lipinski definition) is 1. The van der Waals surface area contributed by atoms with E-state index >= 15 is 0 Å². The van der Waals surface area contributed by atoms with Crippen molar-refractivity contribution in [3.63, 3.8) is 0 Å². The maximum absolute atomic E-state index is 6.06. The van der Waals surface area contributed by atoms with Gasteiger partial charge in [-0.3, -0.25) is 4.57 Å². The molecule has 3 rings (SSSR count). The van der Waals surface area contributed by atoms with Gasteiger partial charge in [0.2, 0.25) is 0 Å². The molecular formula is C14H10Cl2N2S. The maximum Gasteiger partial charge on any atom is 0.182 e. The Labute approximate surface area is 125 Å². The Morgan fingerprint density at radius 3 is 2.47 bits per heavy atom. The fourth-order valence-electron chi connectivity index (χ4n) is 2.20. The highest BCUT2D eigenvalue weighted by Crippen LogP contribution is 2.26. The van der Waals surface area contributed by atoms with Crippen molar-refractivity contribution in [2.75, 3.05) is 0 Å². The van der Waals surface area contributed by atoms with Crippen molar-refractivity contribution in [1.29, 1.82) is 0 Å². The molecule has 0 saturated heterocycles. The van der Waals surface area contributed by atoms with Crippen molar-refractivity contribution in [3.05, 3.63) is 56.8 Å². The Morgan fingerprint density at radius 1 is 1.11 bits per heavy atom. The highest BCUT2D eigenvalue weighted by atomic mass is 35.5. The molecule has 1 N–H and O–H groups in total. The van der Waals surface area contributed by atoms with Crippen LogP contribution < -0.4 is 0 Å². The zero-order chi connectivity index (χ0) is 13.6. The zero-order valence-electron chi connectivity index (χ0n) is 10.1. The summed E-state index contributed by atoms with van der Waals surface area (Å²) >= 11 is 17.5. The van der Waals surface area contributed by atoms with E-state index in [9.17, 15) is 0 Å². The lowest BCUT2D eigenvalue weighted by molar-refractivity contribution is 1.07. The first kappa shape index (κ1) is 12.7. The average molecular weight is 309 g/mol. The number of rotatable bonds is 1. The molecule has 2 aromatic carbocycles. The van der Waals surface area contributed by atoms with Gasteiger partial charge in [0.1, 0.15) is 0 Å². The molecule has 0 unspecified atom stereocenters. The summed E-state index contributed by atoms with van der Waals surface area (Å²) in [6.45, 7) is 2.04. The fraction of sp³-hybridized carbons (Fsp3) is 0.0714. The fourth-order valence-corrected chi connectivity index (χ4v) is 3.02. The molecule has 2 nitrogen and oxygen atoms in total. The molecule has 1 heterocycles. The molecule has 19 heavy (non-hydrogen) atoms. The van der Waals surface area contributed by atoms with Gasteiger partial charge in [0.25, 0.3) is 0 Å². The van der Waals surface area contributed by atoms with Crippen LogP contribution in [0.25, 0.3) is 16.7 Å². The number of aromatic amines is 1. The SMILES string of the molecule is Cc1cccc2c1[nH]c(=S)n2-c1cc(Cl)cc(Cl)c1. The molecule has 0 saturated carbocycles.